The molecule has 5 heteroatoms. The fraction of sp³-hybridized carbons (Fsp3) is 0.0500. The van der Waals surface area contributed by atoms with Crippen LogP contribution in [-0.4, -0.2) is 15.0 Å². The van der Waals surface area contributed by atoms with Gasteiger partial charge in [0.15, 0.2) is 5.65 Å². The highest BCUT2D eigenvalue weighted by atomic mass is 16.1. The predicted octanol–water partition coefficient (Wildman–Crippen LogP) is 4.04. The second-order valence-corrected chi connectivity index (χ2v) is 5.86. The van der Waals surface area contributed by atoms with Crippen LogP contribution >= 0.6 is 0 Å². The number of benzene rings is 2. The zero-order valence-corrected chi connectivity index (χ0v) is 13.7. The fourth-order valence-electron chi connectivity index (χ4n) is 2.75. The number of pyridine rings is 1. The summed E-state index contributed by atoms with van der Waals surface area (Å²) in [6, 6.07) is 20.1. The molecular formula is C20H16N4O. The molecule has 122 valence electrons. The molecule has 0 aliphatic rings. The van der Waals surface area contributed by atoms with Crippen LogP contribution in [0.5, 0.6) is 0 Å². The van der Waals surface area contributed by atoms with E-state index in [0.717, 1.165) is 22.2 Å². The molecule has 2 aromatic carbocycles. The minimum Gasteiger partial charge on any atom is -0.341 e. The van der Waals surface area contributed by atoms with Crippen LogP contribution in [0.25, 0.3) is 22.2 Å². The topological polar surface area (TPSA) is 70.7 Å². The Hall–Kier alpha value is -3.47. The van der Waals surface area contributed by atoms with E-state index < -0.39 is 5.69 Å². The molecule has 0 amide bonds. The summed E-state index contributed by atoms with van der Waals surface area (Å²) in [5.41, 5.74) is 4.34. The molecule has 0 saturated carbocycles. The highest BCUT2D eigenvalue weighted by Crippen LogP contribution is 2.26. The van der Waals surface area contributed by atoms with E-state index >= 15 is 0 Å². The number of aromatic nitrogens is 3. The van der Waals surface area contributed by atoms with Gasteiger partial charge in [-0.05, 0) is 42.3 Å². The predicted molar refractivity (Wildman–Crippen MR) is 100 cm³/mol. The van der Waals surface area contributed by atoms with Crippen molar-refractivity contribution in [2.45, 2.75) is 6.92 Å². The van der Waals surface area contributed by atoms with E-state index in [4.69, 9.17) is 0 Å². The van der Waals surface area contributed by atoms with Crippen LogP contribution in [0.3, 0.4) is 0 Å². The lowest BCUT2D eigenvalue weighted by molar-refractivity contribution is 1.10. The Morgan fingerprint density at radius 2 is 1.80 bits per heavy atom. The van der Waals surface area contributed by atoms with Gasteiger partial charge in [0.25, 0.3) is 0 Å². The van der Waals surface area contributed by atoms with Crippen molar-refractivity contribution < 1.29 is 0 Å². The maximum atomic E-state index is 11.8. The molecule has 25 heavy (non-hydrogen) atoms. The standard InChI is InChI=1S/C20H16N4O/c1-13-7-9-14(10-8-13)15-4-2-5-16(12-15)22-19-17-6-3-11-21-18(17)23-20(25)24-19/h2-12H,1H3,(H2,21,22,23,24,25). The van der Waals surface area contributed by atoms with Gasteiger partial charge < -0.3 is 5.32 Å². The number of hydrogen-bond acceptors (Lipinski definition) is 4. The van der Waals surface area contributed by atoms with Gasteiger partial charge in [-0.1, -0.05) is 42.0 Å². The first-order valence-electron chi connectivity index (χ1n) is 7.98. The highest BCUT2D eigenvalue weighted by Gasteiger charge is 2.06. The number of nitrogens with zero attached hydrogens (tertiary/aromatic N) is 2. The van der Waals surface area contributed by atoms with Gasteiger partial charge in [0.1, 0.15) is 5.82 Å². The van der Waals surface area contributed by atoms with Crippen LogP contribution in [0, 0.1) is 6.92 Å². The van der Waals surface area contributed by atoms with Gasteiger partial charge in [0, 0.05) is 11.9 Å². The highest BCUT2D eigenvalue weighted by molar-refractivity contribution is 5.88. The molecule has 0 aliphatic heterocycles. The number of H-pyrrole nitrogens is 1. The van der Waals surface area contributed by atoms with Crippen molar-refractivity contribution in [3.8, 4) is 11.1 Å². The van der Waals surface area contributed by atoms with Crippen molar-refractivity contribution in [3.05, 3.63) is 82.9 Å². The van der Waals surface area contributed by atoms with Gasteiger partial charge in [0.05, 0.1) is 5.39 Å². The fourth-order valence-corrected chi connectivity index (χ4v) is 2.75. The second kappa shape index (κ2) is 6.20. The molecule has 4 aromatic rings. The molecule has 2 heterocycles. The van der Waals surface area contributed by atoms with Crippen molar-refractivity contribution in [1.29, 1.82) is 0 Å². The van der Waals surface area contributed by atoms with Crippen LogP contribution in [0.4, 0.5) is 11.5 Å². The van der Waals surface area contributed by atoms with Crippen LogP contribution in [0.15, 0.2) is 71.7 Å². The molecule has 0 aliphatic carbocycles. The lowest BCUT2D eigenvalue weighted by Gasteiger charge is -2.10. The van der Waals surface area contributed by atoms with Gasteiger partial charge in [-0.2, -0.15) is 4.98 Å². The van der Waals surface area contributed by atoms with Crippen LogP contribution in [-0.2, 0) is 0 Å². The van der Waals surface area contributed by atoms with Crippen molar-refractivity contribution in [3.63, 3.8) is 0 Å². The molecule has 4 rings (SSSR count). The number of anilines is 2. The normalized spacial score (nSPS) is 10.8. The quantitative estimate of drug-likeness (QED) is 0.595. The third-order valence-electron chi connectivity index (χ3n) is 4.01. The molecule has 0 atom stereocenters. The molecule has 0 radical (unpaired) electrons. The van der Waals surface area contributed by atoms with Crippen LogP contribution in [0.1, 0.15) is 5.56 Å². The van der Waals surface area contributed by atoms with Gasteiger partial charge in [0.2, 0.25) is 0 Å². The van der Waals surface area contributed by atoms with Crippen molar-refractivity contribution in [1.82, 2.24) is 15.0 Å². The number of hydrogen-bond donors (Lipinski definition) is 2. The second-order valence-electron chi connectivity index (χ2n) is 5.86. The first kappa shape index (κ1) is 15.1. The lowest BCUT2D eigenvalue weighted by Crippen LogP contribution is -2.13. The van der Waals surface area contributed by atoms with E-state index in [1.165, 1.54) is 5.56 Å². The van der Waals surface area contributed by atoms with E-state index in [0.29, 0.717) is 11.5 Å². The summed E-state index contributed by atoms with van der Waals surface area (Å²) in [4.78, 5) is 22.6. The van der Waals surface area contributed by atoms with Crippen LogP contribution in [0.2, 0.25) is 0 Å². The Labute approximate surface area is 144 Å². The van der Waals surface area contributed by atoms with Crippen LogP contribution < -0.4 is 11.0 Å². The van der Waals surface area contributed by atoms with Gasteiger partial charge in [-0.3, -0.25) is 4.98 Å². The molecule has 0 fully saturated rings. The number of fused-ring (bicyclic) bond motifs is 1. The summed E-state index contributed by atoms with van der Waals surface area (Å²) in [5, 5.41) is 4.04. The average molecular weight is 328 g/mol. The summed E-state index contributed by atoms with van der Waals surface area (Å²) >= 11 is 0. The first-order chi connectivity index (χ1) is 12.2. The maximum Gasteiger partial charge on any atom is 0.348 e. The minimum atomic E-state index is -0.427. The number of aromatic amines is 1. The zero-order chi connectivity index (χ0) is 17.2. The van der Waals surface area contributed by atoms with E-state index in [1.54, 1.807) is 6.20 Å². The Morgan fingerprint density at radius 1 is 0.960 bits per heavy atom. The Kier molecular flexibility index (Phi) is 3.74. The SMILES string of the molecule is Cc1ccc(-c2cccc(Nc3[nH]c(=O)nc4ncccc34)c2)cc1. The first-order valence-corrected chi connectivity index (χ1v) is 7.98. The zero-order valence-electron chi connectivity index (χ0n) is 13.7. The Bertz CT molecular complexity index is 1100. The minimum absolute atomic E-state index is 0.420. The molecule has 0 bridgehead atoms. The third kappa shape index (κ3) is 3.12. The summed E-state index contributed by atoms with van der Waals surface area (Å²) in [6.07, 6.45) is 1.62. The summed E-state index contributed by atoms with van der Waals surface area (Å²) in [6.45, 7) is 2.07. The summed E-state index contributed by atoms with van der Waals surface area (Å²) < 4.78 is 0. The van der Waals surface area contributed by atoms with Gasteiger partial charge in [-0.15, -0.1) is 0 Å². The maximum absolute atomic E-state index is 11.8. The Morgan fingerprint density at radius 3 is 2.64 bits per heavy atom. The summed E-state index contributed by atoms with van der Waals surface area (Å²) in [5.74, 6) is 0.587. The van der Waals surface area contributed by atoms with E-state index in [9.17, 15) is 4.79 Å². The smallest absolute Gasteiger partial charge is 0.341 e. The monoisotopic (exact) mass is 328 g/mol. The third-order valence-corrected chi connectivity index (χ3v) is 4.01. The van der Waals surface area contributed by atoms with Crippen molar-refractivity contribution in [2.75, 3.05) is 5.32 Å². The molecule has 2 aromatic heterocycles. The molecule has 0 unspecified atom stereocenters. The van der Waals surface area contributed by atoms with Crippen molar-refractivity contribution in [2.24, 2.45) is 0 Å². The van der Waals surface area contributed by atoms with E-state index in [1.807, 2.05) is 30.3 Å². The average Bonchev–Trinajstić information content (AvgIpc) is 2.62. The molecule has 5 nitrogen and oxygen atoms in total. The van der Waals surface area contributed by atoms with E-state index in [-0.39, 0.29) is 0 Å². The van der Waals surface area contributed by atoms with Crippen molar-refractivity contribution >= 4 is 22.5 Å². The van der Waals surface area contributed by atoms with Gasteiger partial charge >= 0.3 is 5.69 Å². The molecule has 0 spiro atoms. The Balaban J connectivity index is 1.74. The molecule has 2 N–H and O–H groups in total. The number of nitrogens with one attached hydrogen (secondary N) is 2. The number of aryl methyl sites for hydroxylation is 1. The lowest BCUT2D eigenvalue weighted by atomic mass is 10.0. The summed E-state index contributed by atoms with van der Waals surface area (Å²) in [7, 11) is 0. The number of rotatable bonds is 3. The molecular weight excluding hydrogens is 312 g/mol. The van der Waals surface area contributed by atoms with Gasteiger partial charge in [-0.25, -0.2) is 9.78 Å². The molecule has 0 saturated heterocycles. The largest absolute Gasteiger partial charge is 0.348 e. The van der Waals surface area contributed by atoms with E-state index in [2.05, 4.69) is 57.5 Å².